The smallest absolute Gasteiger partial charge is 0.288 e. The zero-order chi connectivity index (χ0) is 11.5. The maximum Gasteiger partial charge on any atom is 0.288 e. The molecule has 0 saturated heterocycles. The largest absolute Gasteiger partial charge is 0.858 e. The van der Waals surface area contributed by atoms with Crippen LogP contribution in [-0.4, -0.2) is 26.5 Å². The summed E-state index contributed by atoms with van der Waals surface area (Å²) in [6.45, 7) is 0. The van der Waals surface area contributed by atoms with Gasteiger partial charge >= 0.3 is 0 Å². The van der Waals surface area contributed by atoms with Crippen LogP contribution in [0.5, 0.6) is 0 Å². The molecule has 2 aromatic rings. The third kappa shape index (κ3) is 2.14. The zero-order valence-corrected chi connectivity index (χ0v) is 8.44. The minimum absolute atomic E-state index is 0.0164. The van der Waals surface area contributed by atoms with Crippen LogP contribution in [0.2, 0.25) is 5.02 Å². The second-order valence-corrected chi connectivity index (χ2v) is 3.16. The first-order valence-electron chi connectivity index (χ1n) is 4.11. The van der Waals surface area contributed by atoms with E-state index in [4.69, 9.17) is 11.6 Å². The van der Waals surface area contributed by atoms with E-state index in [9.17, 15) is 9.50 Å². The van der Waals surface area contributed by atoms with Gasteiger partial charge in [0.1, 0.15) is 5.82 Å². The van der Waals surface area contributed by atoms with Crippen LogP contribution in [0.1, 0.15) is 5.56 Å². The zero-order valence-electron chi connectivity index (χ0n) is 7.69. The molecule has 8 heteroatoms. The first-order valence-corrected chi connectivity index (χ1v) is 4.49. The molecule has 6 nitrogen and oxygen atoms in total. The molecule has 0 saturated carbocycles. The number of tetrazole rings is 1. The Kier molecular flexibility index (Phi) is 2.78. The molecule has 0 unspecified atom stereocenters. The Morgan fingerprint density at radius 3 is 2.94 bits per heavy atom. The Morgan fingerprint density at radius 1 is 1.50 bits per heavy atom. The molecule has 1 aromatic carbocycles. The van der Waals surface area contributed by atoms with E-state index in [0.29, 0.717) is 0 Å². The first-order chi connectivity index (χ1) is 7.66. The van der Waals surface area contributed by atoms with Crippen LogP contribution < -0.4 is 5.11 Å². The van der Waals surface area contributed by atoms with Crippen molar-refractivity contribution in [3.63, 3.8) is 0 Å². The topological polar surface area (TPSA) is 89.9 Å². The standard InChI is InChI=1S/C8H5ClFN5O/c9-6-3-4(10)1-2-5(6)7(16)11-8-12-14-15-13-8/h1-3H,(H2,11,12,13,14,15,16)/p-1. The second kappa shape index (κ2) is 4.23. The Morgan fingerprint density at radius 2 is 2.31 bits per heavy atom. The number of aliphatic imine (C=N–C) groups is 1. The fraction of sp³-hybridized carbons (Fsp3) is 0. The molecule has 1 aromatic heterocycles. The van der Waals surface area contributed by atoms with Gasteiger partial charge in [0.05, 0.1) is 5.02 Å². The van der Waals surface area contributed by atoms with Gasteiger partial charge < -0.3 is 5.11 Å². The van der Waals surface area contributed by atoms with Crippen LogP contribution in [0.25, 0.3) is 0 Å². The molecule has 1 heterocycles. The first kappa shape index (κ1) is 10.5. The fourth-order valence-electron chi connectivity index (χ4n) is 1.02. The van der Waals surface area contributed by atoms with E-state index in [-0.39, 0.29) is 16.5 Å². The van der Waals surface area contributed by atoms with Crippen LogP contribution in [0.4, 0.5) is 10.3 Å². The highest BCUT2D eigenvalue weighted by Crippen LogP contribution is 2.17. The number of aromatic amines is 1. The summed E-state index contributed by atoms with van der Waals surface area (Å²) in [7, 11) is 0. The van der Waals surface area contributed by atoms with Crippen molar-refractivity contribution >= 4 is 23.4 Å². The highest BCUT2D eigenvalue weighted by Gasteiger charge is 2.03. The summed E-state index contributed by atoms with van der Waals surface area (Å²) in [5.41, 5.74) is 0.0767. The Hall–Kier alpha value is -2.02. The normalized spacial score (nSPS) is 11.8. The van der Waals surface area contributed by atoms with Gasteiger partial charge in [-0.2, -0.15) is 5.21 Å². The van der Waals surface area contributed by atoms with Crippen molar-refractivity contribution in [2.45, 2.75) is 0 Å². The highest BCUT2D eigenvalue weighted by atomic mass is 35.5. The summed E-state index contributed by atoms with van der Waals surface area (Å²) in [6.07, 6.45) is 0. The van der Waals surface area contributed by atoms with Gasteiger partial charge in [-0.25, -0.2) is 9.38 Å². The van der Waals surface area contributed by atoms with E-state index in [1.807, 2.05) is 0 Å². The molecule has 0 aliphatic carbocycles. The molecule has 0 radical (unpaired) electrons. The van der Waals surface area contributed by atoms with Gasteiger partial charge in [0.15, 0.2) is 0 Å². The molecule has 2 rings (SSSR count). The number of hydrogen-bond acceptors (Lipinski definition) is 5. The number of rotatable bonds is 2. The van der Waals surface area contributed by atoms with E-state index in [2.05, 4.69) is 25.6 Å². The Labute approximate surface area is 93.8 Å². The Balaban J connectivity index is 2.37. The monoisotopic (exact) mass is 240 g/mol. The number of nitrogens with one attached hydrogen (secondary N) is 1. The maximum absolute atomic E-state index is 12.7. The molecule has 0 atom stereocenters. The lowest BCUT2D eigenvalue weighted by Crippen LogP contribution is -2.19. The molecule has 0 aliphatic heterocycles. The second-order valence-electron chi connectivity index (χ2n) is 2.75. The predicted molar refractivity (Wildman–Crippen MR) is 51.8 cm³/mol. The van der Waals surface area contributed by atoms with Crippen molar-refractivity contribution in [3.8, 4) is 0 Å². The number of halogens is 2. The number of aromatic nitrogens is 4. The maximum atomic E-state index is 12.7. The van der Waals surface area contributed by atoms with E-state index in [0.717, 1.165) is 12.1 Å². The van der Waals surface area contributed by atoms with Crippen LogP contribution in [0, 0.1) is 5.82 Å². The minimum atomic E-state index is -0.661. The molecule has 0 fully saturated rings. The van der Waals surface area contributed by atoms with Gasteiger partial charge in [0.2, 0.25) is 0 Å². The molecule has 0 spiro atoms. The number of benzene rings is 1. The van der Waals surface area contributed by atoms with Gasteiger partial charge in [-0.05, 0) is 23.4 Å². The fourth-order valence-corrected chi connectivity index (χ4v) is 1.27. The van der Waals surface area contributed by atoms with Crippen molar-refractivity contribution in [2.75, 3.05) is 0 Å². The molecular formula is C8H4ClFN5O-. The summed E-state index contributed by atoms with van der Waals surface area (Å²) >= 11 is 5.68. The van der Waals surface area contributed by atoms with Crippen molar-refractivity contribution in [3.05, 3.63) is 34.6 Å². The van der Waals surface area contributed by atoms with Gasteiger partial charge in [-0.15, -0.1) is 5.10 Å². The summed E-state index contributed by atoms with van der Waals surface area (Å²) in [5, 5.41) is 23.9. The van der Waals surface area contributed by atoms with Gasteiger partial charge in [0.25, 0.3) is 5.95 Å². The average molecular weight is 241 g/mol. The van der Waals surface area contributed by atoms with Crippen molar-refractivity contribution in [1.29, 1.82) is 0 Å². The van der Waals surface area contributed by atoms with Crippen LogP contribution in [-0.2, 0) is 0 Å². The third-order valence-electron chi connectivity index (χ3n) is 1.70. The summed E-state index contributed by atoms with van der Waals surface area (Å²) in [4.78, 5) is 3.52. The highest BCUT2D eigenvalue weighted by molar-refractivity contribution is 6.33. The van der Waals surface area contributed by atoms with E-state index < -0.39 is 11.7 Å². The van der Waals surface area contributed by atoms with Gasteiger partial charge in [-0.3, -0.25) is 0 Å². The van der Waals surface area contributed by atoms with Crippen molar-refractivity contribution in [1.82, 2.24) is 20.6 Å². The van der Waals surface area contributed by atoms with E-state index >= 15 is 0 Å². The Bertz CT molecular complexity index is 527. The lowest BCUT2D eigenvalue weighted by atomic mass is 10.2. The average Bonchev–Trinajstić information content (AvgIpc) is 2.70. The van der Waals surface area contributed by atoms with Gasteiger partial charge in [0, 0.05) is 11.5 Å². The van der Waals surface area contributed by atoms with E-state index in [1.165, 1.54) is 6.07 Å². The minimum Gasteiger partial charge on any atom is -0.858 e. The molecule has 0 aliphatic rings. The molecular weight excluding hydrogens is 237 g/mol. The van der Waals surface area contributed by atoms with Crippen LogP contribution >= 0.6 is 11.6 Å². The quantitative estimate of drug-likeness (QED) is 0.609. The molecule has 0 bridgehead atoms. The van der Waals surface area contributed by atoms with E-state index in [1.54, 1.807) is 0 Å². The molecule has 16 heavy (non-hydrogen) atoms. The molecule has 1 N–H and O–H groups in total. The molecule has 82 valence electrons. The lowest BCUT2D eigenvalue weighted by Gasteiger charge is -2.10. The summed E-state index contributed by atoms with van der Waals surface area (Å²) in [5.74, 6) is -1.29. The summed E-state index contributed by atoms with van der Waals surface area (Å²) < 4.78 is 12.7. The lowest BCUT2D eigenvalue weighted by molar-refractivity contribution is -0.212. The van der Waals surface area contributed by atoms with Gasteiger partial charge in [-0.1, -0.05) is 16.7 Å². The number of H-pyrrole nitrogens is 1. The van der Waals surface area contributed by atoms with Crippen molar-refractivity contribution in [2.24, 2.45) is 4.99 Å². The third-order valence-corrected chi connectivity index (χ3v) is 2.01. The molecule has 0 amide bonds. The number of hydrogen-bond donors (Lipinski definition) is 1. The van der Waals surface area contributed by atoms with Crippen LogP contribution in [0.15, 0.2) is 23.2 Å². The predicted octanol–water partition coefficient (Wildman–Crippen LogP) is 0.431. The summed E-state index contributed by atoms with van der Waals surface area (Å²) in [6, 6.07) is 3.38. The van der Waals surface area contributed by atoms with Crippen LogP contribution in [0.3, 0.4) is 0 Å². The SMILES string of the molecule is [O-]C(=Nc1nn[nH]n1)c1ccc(F)cc1Cl. The van der Waals surface area contributed by atoms with Crippen molar-refractivity contribution < 1.29 is 9.50 Å². The number of nitrogens with zero attached hydrogens (tertiary/aromatic N) is 4.